The molecule has 0 fully saturated rings. The molecule has 1 N–H and O–H groups in total. The zero-order chi connectivity index (χ0) is 10.8. The Morgan fingerprint density at radius 1 is 1.53 bits per heavy atom. The lowest BCUT2D eigenvalue weighted by Crippen LogP contribution is -2.19. The minimum atomic E-state index is -0.985. The second kappa shape index (κ2) is 4.02. The number of carbonyl (C=O) groups is 1. The van der Waals surface area contributed by atoms with E-state index in [1.165, 1.54) is 0 Å². The summed E-state index contributed by atoms with van der Waals surface area (Å²) >= 11 is 3.38. The van der Waals surface area contributed by atoms with Crippen LogP contribution < -0.4 is 0 Å². The van der Waals surface area contributed by atoms with Crippen molar-refractivity contribution < 1.29 is 14.7 Å². The third kappa shape index (κ3) is 2.02. The van der Waals surface area contributed by atoms with Crippen LogP contribution in [-0.2, 0) is 9.63 Å². The van der Waals surface area contributed by atoms with E-state index in [9.17, 15) is 4.79 Å². The number of halogens is 1. The predicted octanol–water partition coefficient (Wildman–Crippen LogP) is 2.03. The molecule has 0 saturated carbocycles. The van der Waals surface area contributed by atoms with Crippen molar-refractivity contribution in [2.45, 2.75) is 12.5 Å². The maximum absolute atomic E-state index is 10.7. The van der Waals surface area contributed by atoms with E-state index in [-0.39, 0.29) is 0 Å². The first-order valence-corrected chi connectivity index (χ1v) is 5.18. The van der Waals surface area contributed by atoms with Gasteiger partial charge in [-0.2, -0.15) is 0 Å². The molecule has 0 bridgehead atoms. The summed E-state index contributed by atoms with van der Waals surface area (Å²) in [4.78, 5) is 15.5. The fraction of sp³-hybridized carbons (Fsp3) is 0.200. The van der Waals surface area contributed by atoms with Crippen LogP contribution in [0.1, 0.15) is 12.0 Å². The molecule has 0 aromatic heterocycles. The Labute approximate surface area is 94.7 Å². The Kier molecular flexibility index (Phi) is 2.73. The summed E-state index contributed by atoms with van der Waals surface area (Å²) in [6, 6.07) is 7.51. The lowest BCUT2D eigenvalue weighted by molar-refractivity contribution is -0.148. The highest BCUT2D eigenvalue weighted by molar-refractivity contribution is 9.10. The largest absolute Gasteiger partial charge is 0.478 e. The molecular formula is C10H8BrNO3. The molecule has 0 saturated heterocycles. The van der Waals surface area contributed by atoms with Gasteiger partial charge in [-0.15, -0.1) is 0 Å². The number of benzene rings is 1. The molecule has 1 aliphatic rings. The van der Waals surface area contributed by atoms with Crippen LogP contribution in [0.15, 0.2) is 33.9 Å². The van der Waals surface area contributed by atoms with Crippen molar-refractivity contribution in [3.63, 3.8) is 0 Å². The monoisotopic (exact) mass is 269 g/mol. The number of hydrogen-bond acceptors (Lipinski definition) is 3. The maximum atomic E-state index is 10.7. The molecule has 1 atom stereocenters. The Balaban J connectivity index is 2.21. The topological polar surface area (TPSA) is 58.9 Å². The molecule has 4 nitrogen and oxygen atoms in total. The van der Waals surface area contributed by atoms with Gasteiger partial charge in [-0.1, -0.05) is 39.3 Å². The van der Waals surface area contributed by atoms with E-state index in [1.807, 2.05) is 24.3 Å². The van der Waals surface area contributed by atoms with Crippen molar-refractivity contribution >= 4 is 27.6 Å². The molecule has 1 heterocycles. The summed E-state index contributed by atoms with van der Waals surface area (Å²) in [6.45, 7) is 0. The molecule has 15 heavy (non-hydrogen) atoms. The lowest BCUT2D eigenvalue weighted by Gasteiger charge is -2.01. The minimum absolute atomic E-state index is 0.304. The minimum Gasteiger partial charge on any atom is -0.478 e. The first kappa shape index (κ1) is 10.2. The van der Waals surface area contributed by atoms with Gasteiger partial charge in [-0.05, 0) is 6.07 Å². The summed E-state index contributed by atoms with van der Waals surface area (Å²) < 4.78 is 0.887. The molecule has 78 valence electrons. The Morgan fingerprint density at radius 2 is 2.27 bits per heavy atom. The third-order valence-corrected chi connectivity index (χ3v) is 2.82. The van der Waals surface area contributed by atoms with Crippen molar-refractivity contribution in [2.24, 2.45) is 5.16 Å². The number of rotatable bonds is 2. The number of oxime groups is 1. The number of nitrogens with zero attached hydrogens (tertiary/aromatic N) is 1. The van der Waals surface area contributed by atoms with E-state index < -0.39 is 12.1 Å². The van der Waals surface area contributed by atoms with Crippen LogP contribution >= 0.6 is 15.9 Å². The van der Waals surface area contributed by atoms with E-state index >= 15 is 0 Å². The second-order valence-electron chi connectivity index (χ2n) is 3.15. The van der Waals surface area contributed by atoms with Crippen molar-refractivity contribution in [1.29, 1.82) is 0 Å². The van der Waals surface area contributed by atoms with Crippen LogP contribution in [0.2, 0.25) is 0 Å². The van der Waals surface area contributed by atoms with Crippen LogP contribution in [0.5, 0.6) is 0 Å². The zero-order valence-electron chi connectivity index (χ0n) is 7.68. The van der Waals surface area contributed by atoms with Gasteiger partial charge in [0.25, 0.3) is 0 Å². The Morgan fingerprint density at radius 3 is 2.87 bits per heavy atom. The summed E-state index contributed by atoms with van der Waals surface area (Å²) in [7, 11) is 0. The van der Waals surface area contributed by atoms with Crippen LogP contribution in [-0.4, -0.2) is 22.9 Å². The van der Waals surface area contributed by atoms with Crippen molar-refractivity contribution in [3.8, 4) is 0 Å². The molecule has 2 rings (SSSR count). The Hall–Kier alpha value is -1.36. The van der Waals surface area contributed by atoms with Gasteiger partial charge in [0.1, 0.15) is 0 Å². The number of hydrogen-bond donors (Lipinski definition) is 1. The van der Waals surface area contributed by atoms with Crippen molar-refractivity contribution in [2.75, 3.05) is 0 Å². The average Bonchev–Trinajstić information content (AvgIpc) is 2.67. The molecule has 0 spiro atoms. The lowest BCUT2D eigenvalue weighted by atomic mass is 10.1. The molecule has 1 aromatic carbocycles. The molecular weight excluding hydrogens is 262 g/mol. The third-order valence-electron chi connectivity index (χ3n) is 2.13. The van der Waals surface area contributed by atoms with Crippen LogP contribution in [0.3, 0.4) is 0 Å². The quantitative estimate of drug-likeness (QED) is 0.894. The van der Waals surface area contributed by atoms with Gasteiger partial charge in [0, 0.05) is 16.5 Å². The second-order valence-corrected chi connectivity index (χ2v) is 4.01. The van der Waals surface area contributed by atoms with Gasteiger partial charge >= 0.3 is 5.97 Å². The highest BCUT2D eigenvalue weighted by Gasteiger charge is 2.28. The first-order valence-electron chi connectivity index (χ1n) is 4.39. The van der Waals surface area contributed by atoms with E-state index in [4.69, 9.17) is 9.94 Å². The molecule has 0 aliphatic carbocycles. The molecule has 0 amide bonds. The summed E-state index contributed by atoms with van der Waals surface area (Å²) in [5, 5.41) is 12.5. The van der Waals surface area contributed by atoms with E-state index in [1.54, 1.807) is 0 Å². The van der Waals surface area contributed by atoms with Crippen molar-refractivity contribution in [1.82, 2.24) is 0 Å². The molecule has 0 radical (unpaired) electrons. The number of carboxylic acids is 1. The normalized spacial score (nSPS) is 19.5. The number of carboxylic acid groups (broad SMARTS) is 1. The van der Waals surface area contributed by atoms with Gasteiger partial charge in [0.2, 0.25) is 6.10 Å². The summed E-state index contributed by atoms with van der Waals surface area (Å²) in [5.74, 6) is -0.985. The SMILES string of the molecule is O=C(O)C1CC(c2ccccc2Br)=NO1. The highest BCUT2D eigenvalue weighted by Crippen LogP contribution is 2.23. The average molecular weight is 270 g/mol. The van der Waals surface area contributed by atoms with Gasteiger partial charge in [0.15, 0.2) is 0 Å². The molecule has 1 unspecified atom stereocenters. The smallest absolute Gasteiger partial charge is 0.348 e. The van der Waals surface area contributed by atoms with Crippen molar-refractivity contribution in [3.05, 3.63) is 34.3 Å². The fourth-order valence-electron chi connectivity index (χ4n) is 1.36. The summed E-state index contributed by atoms with van der Waals surface area (Å²) in [6.07, 6.45) is -0.551. The van der Waals surface area contributed by atoms with Crippen LogP contribution in [0.4, 0.5) is 0 Å². The van der Waals surface area contributed by atoms with E-state index in [0.29, 0.717) is 12.1 Å². The van der Waals surface area contributed by atoms with Gasteiger partial charge < -0.3 is 9.94 Å². The first-order chi connectivity index (χ1) is 7.18. The van der Waals surface area contributed by atoms with Crippen LogP contribution in [0.25, 0.3) is 0 Å². The maximum Gasteiger partial charge on any atom is 0.348 e. The zero-order valence-corrected chi connectivity index (χ0v) is 9.27. The van der Waals surface area contributed by atoms with E-state index in [2.05, 4.69) is 21.1 Å². The van der Waals surface area contributed by atoms with Gasteiger partial charge in [-0.3, -0.25) is 0 Å². The summed E-state index contributed by atoms with van der Waals surface area (Å²) in [5.41, 5.74) is 1.54. The van der Waals surface area contributed by atoms with Gasteiger partial charge in [0.05, 0.1) is 5.71 Å². The standard InChI is InChI=1S/C10H8BrNO3/c11-7-4-2-1-3-6(7)8-5-9(10(13)14)15-12-8/h1-4,9H,5H2,(H,13,14). The predicted molar refractivity (Wildman–Crippen MR) is 57.8 cm³/mol. The fourth-order valence-corrected chi connectivity index (χ4v) is 1.88. The Bertz CT molecular complexity index is 430. The number of aliphatic carboxylic acids is 1. The molecule has 1 aromatic rings. The highest BCUT2D eigenvalue weighted by atomic mass is 79.9. The molecule has 5 heteroatoms. The van der Waals surface area contributed by atoms with Gasteiger partial charge in [-0.25, -0.2) is 4.79 Å². The molecule has 1 aliphatic heterocycles. The van der Waals surface area contributed by atoms with E-state index in [0.717, 1.165) is 10.0 Å². The van der Waals surface area contributed by atoms with Crippen LogP contribution in [0, 0.1) is 0 Å².